The predicted molar refractivity (Wildman–Crippen MR) is 74.1 cm³/mol. The molecule has 0 aromatic carbocycles. The fourth-order valence-corrected chi connectivity index (χ4v) is 3.61. The minimum Gasteiger partial charge on any atom is -0.393 e. The van der Waals surface area contributed by atoms with Crippen LogP contribution in [-0.4, -0.2) is 54.2 Å². The maximum Gasteiger partial charge on any atom is 0.261 e. The van der Waals surface area contributed by atoms with Gasteiger partial charge < -0.3 is 14.7 Å². The third-order valence-corrected chi connectivity index (χ3v) is 4.60. The van der Waals surface area contributed by atoms with Crippen LogP contribution >= 0.6 is 0 Å². The summed E-state index contributed by atoms with van der Waals surface area (Å²) in [7, 11) is 0. The average Bonchev–Trinajstić information content (AvgIpc) is 2.93. The summed E-state index contributed by atoms with van der Waals surface area (Å²) < 4.78 is 28.7. The molecule has 1 N–H and O–H groups in total. The summed E-state index contributed by atoms with van der Waals surface area (Å²) >= 11 is 0. The Hall–Kier alpha value is -0.750. The molecule has 3 unspecified atom stereocenters. The average molecular weight is 305 g/mol. The number of hydrogen-bond acceptors (Lipinski definition) is 3. The summed E-state index contributed by atoms with van der Waals surface area (Å²) in [5, 5.41) is 10.2. The highest BCUT2D eigenvalue weighted by Crippen LogP contribution is 2.34. The van der Waals surface area contributed by atoms with Crippen molar-refractivity contribution in [1.82, 2.24) is 4.90 Å². The van der Waals surface area contributed by atoms with Crippen LogP contribution in [0.5, 0.6) is 0 Å². The first-order valence-electron chi connectivity index (χ1n) is 7.93. The van der Waals surface area contributed by atoms with Gasteiger partial charge in [-0.15, -0.1) is 0 Å². The van der Waals surface area contributed by atoms with E-state index in [9.17, 15) is 18.7 Å². The molecule has 122 valence electrons. The fraction of sp³-hybridized carbons (Fsp3) is 0.933. The van der Waals surface area contributed by atoms with Crippen molar-refractivity contribution in [1.29, 1.82) is 0 Å². The second-order valence-corrected chi connectivity index (χ2v) is 6.03. The molecule has 2 rings (SSSR count). The Morgan fingerprint density at radius 3 is 2.71 bits per heavy atom. The van der Waals surface area contributed by atoms with E-state index in [1.165, 1.54) is 0 Å². The van der Waals surface area contributed by atoms with Crippen molar-refractivity contribution in [3.05, 3.63) is 0 Å². The number of halogens is 2. The number of aliphatic hydroxyl groups excluding tert-OH is 1. The van der Waals surface area contributed by atoms with Crippen molar-refractivity contribution < 1.29 is 23.4 Å². The molecule has 4 nitrogen and oxygen atoms in total. The van der Waals surface area contributed by atoms with Crippen molar-refractivity contribution in [2.75, 3.05) is 19.8 Å². The highest BCUT2D eigenvalue weighted by atomic mass is 19.3. The van der Waals surface area contributed by atoms with Crippen LogP contribution in [0.3, 0.4) is 0 Å². The van der Waals surface area contributed by atoms with Gasteiger partial charge in [-0.2, -0.15) is 0 Å². The number of aliphatic hydroxyl groups is 1. The van der Waals surface area contributed by atoms with Gasteiger partial charge in [0.2, 0.25) is 5.91 Å². The predicted octanol–water partition coefficient (Wildman–Crippen LogP) is 2.20. The van der Waals surface area contributed by atoms with Crippen molar-refractivity contribution >= 4 is 5.91 Å². The standard InChI is InChI=1S/C15H25F2NO3/c16-14(17)10-21-9-7-15(20)18-8-3-5-12(18)11-4-1-2-6-13(11)19/h11-14,19H,1-10H2. The second-order valence-electron chi connectivity index (χ2n) is 6.03. The van der Waals surface area contributed by atoms with Gasteiger partial charge in [0.25, 0.3) is 6.43 Å². The molecule has 6 heteroatoms. The van der Waals surface area contributed by atoms with Crippen LogP contribution in [0.1, 0.15) is 44.9 Å². The Morgan fingerprint density at radius 2 is 2.00 bits per heavy atom. The Kier molecular flexibility index (Phi) is 6.36. The van der Waals surface area contributed by atoms with E-state index < -0.39 is 13.0 Å². The number of likely N-dealkylation sites (tertiary alicyclic amines) is 1. The van der Waals surface area contributed by atoms with E-state index in [4.69, 9.17) is 4.74 Å². The number of rotatable bonds is 6. The van der Waals surface area contributed by atoms with Crippen LogP contribution in [0, 0.1) is 5.92 Å². The molecule has 2 aliphatic rings. The topological polar surface area (TPSA) is 49.8 Å². The molecule has 0 bridgehead atoms. The summed E-state index contributed by atoms with van der Waals surface area (Å²) in [4.78, 5) is 14.1. The highest BCUT2D eigenvalue weighted by Gasteiger charge is 2.38. The minimum absolute atomic E-state index is 0.0375. The third kappa shape index (κ3) is 4.61. The monoisotopic (exact) mass is 305 g/mol. The Balaban J connectivity index is 1.81. The van der Waals surface area contributed by atoms with Crippen molar-refractivity contribution in [3.8, 4) is 0 Å². The first kappa shape index (κ1) is 16.6. The van der Waals surface area contributed by atoms with Gasteiger partial charge in [0.1, 0.15) is 6.61 Å². The largest absolute Gasteiger partial charge is 0.393 e. The molecular formula is C15H25F2NO3. The zero-order valence-corrected chi connectivity index (χ0v) is 12.3. The molecule has 1 saturated heterocycles. The molecule has 0 aromatic rings. The van der Waals surface area contributed by atoms with Crippen LogP contribution in [0.2, 0.25) is 0 Å². The molecule has 0 spiro atoms. The first-order chi connectivity index (χ1) is 10.1. The van der Waals surface area contributed by atoms with Crippen molar-refractivity contribution in [2.24, 2.45) is 5.92 Å². The number of carbonyl (C=O) groups is 1. The fourth-order valence-electron chi connectivity index (χ4n) is 3.61. The molecule has 21 heavy (non-hydrogen) atoms. The van der Waals surface area contributed by atoms with E-state index in [-0.39, 0.29) is 37.0 Å². The summed E-state index contributed by atoms with van der Waals surface area (Å²) in [5.41, 5.74) is 0. The van der Waals surface area contributed by atoms with E-state index in [2.05, 4.69) is 0 Å². The lowest BCUT2D eigenvalue weighted by molar-refractivity contribution is -0.135. The maximum absolute atomic E-state index is 12.2. The number of nitrogens with zero attached hydrogens (tertiary/aromatic N) is 1. The molecule has 1 saturated carbocycles. The highest BCUT2D eigenvalue weighted by molar-refractivity contribution is 5.77. The number of hydrogen-bond donors (Lipinski definition) is 1. The van der Waals surface area contributed by atoms with Gasteiger partial charge in [-0.1, -0.05) is 12.8 Å². The van der Waals surface area contributed by atoms with E-state index in [1.807, 2.05) is 4.90 Å². The second kappa shape index (κ2) is 8.03. The lowest BCUT2D eigenvalue weighted by Crippen LogP contribution is -2.45. The van der Waals surface area contributed by atoms with Crippen LogP contribution in [-0.2, 0) is 9.53 Å². The smallest absolute Gasteiger partial charge is 0.261 e. The SMILES string of the molecule is O=C(CCOCC(F)F)N1CCCC1C1CCCCC1O. The van der Waals surface area contributed by atoms with E-state index in [0.29, 0.717) is 6.54 Å². The zero-order chi connectivity index (χ0) is 15.2. The lowest BCUT2D eigenvalue weighted by atomic mass is 9.80. The molecule has 1 aliphatic carbocycles. The van der Waals surface area contributed by atoms with Gasteiger partial charge in [-0.3, -0.25) is 4.79 Å². The molecular weight excluding hydrogens is 280 g/mol. The summed E-state index contributed by atoms with van der Waals surface area (Å²) in [6.45, 7) is 0.138. The number of alkyl halides is 2. The van der Waals surface area contributed by atoms with Gasteiger partial charge in [0.15, 0.2) is 0 Å². The molecule has 3 atom stereocenters. The van der Waals surface area contributed by atoms with E-state index in [0.717, 1.165) is 38.5 Å². The Bertz CT molecular complexity index is 341. The van der Waals surface area contributed by atoms with Gasteiger partial charge in [-0.05, 0) is 25.7 Å². The quantitative estimate of drug-likeness (QED) is 0.765. The van der Waals surface area contributed by atoms with E-state index >= 15 is 0 Å². The molecule has 0 aromatic heterocycles. The number of ether oxygens (including phenoxy) is 1. The lowest BCUT2D eigenvalue weighted by Gasteiger charge is -2.37. The van der Waals surface area contributed by atoms with E-state index in [1.54, 1.807) is 0 Å². The molecule has 1 amide bonds. The zero-order valence-electron chi connectivity index (χ0n) is 12.3. The summed E-state index contributed by atoms with van der Waals surface area (Å²) in [6.07, 6.45) is 3.19. The summed E-state index contributed by atoms with van der Waals surface area (Å²) in [5.74, 6) is 0.136. The third-order valence-electron chi connectivity index (χ3n) is 4.60. The van der Waals surface area contributed by atoms with Crippen LogP contribution in [0.4, 0.5) is 8.78 Å². The molecule has 1 heterocycles. The Labute approximate surface area is 124 Å². The van der Waals surface area contributed by atoms with Gasteiger partial charge in [0.05, 0.1) is 19.1 Å². The molecule has 1 aliphatic heterocycles. The van der Waals surface area contributed by atoms with Crippen molar-refractivity contribution in [2.45, 2.75) is 63.5 Å². The normalized spacial score (nSPS) is 30.1. The number of amides is 1. The summed E-state index contributed by atoms with van der Waals surface area (Å²) in [6, 6.07) is 0.114. The van der Waals surface area contributed by atoms with Crippen LogP contribution in [0.15, 0.2) is 0 Å². The Morgan fingerprint density at radius 1 is 1.24 bits per heavy atom. The molecule has 0 radical (unpaired) electrons. The van der Waals surface area contributed by atoms with Gasteiger partial charge in [0, 0.05) is 18.5 Å². The number of carbonyl (C=O) groups excluding carboxylic acids is 1. The van der Waals surface area contributed by atoms with Gasteiger partial charge in [-0.25, -0.2) is 8.78 Å². The molecule has 2 fully saturated rings. The first-order valence-corrected chi connectivity index (χ1v) is 7.93. The maximum atomic E-state index is 12.2. The minimum atomic E-state index is -2.49. The van der Waals surface area contributed by atoms with Crippen LogP contribution < -0.4 is 0 Å². The van der Waals surface area contributed by atoms with Gasteiger partial charge >= 0.3 is 0 Å². The van der Waals surface area contributed by atoms with Crippen molar-refractivity contribution in [3.63, 3.8) is 0 Å². The van der Waals surface area contributed by atoms with Crippen LogP contribution in [0.25, 0.3) is 0 Å².